The van der Waals surface area contributed by atoms with Gasteiger partial charge in [0.1, 0.15) is 16.7 Å². The fraction of sp³-hybridized carbons (Fsp3) is 0.654. The summed E-state index contributed by atoms with van der Waals surface area (Å²) in [5.41, 5.74) is 0.682. The van der Waals surface area contributed by atoms with E-state index in [0.29, 0.717) is 30.4 Å². The Bertz CT molecular complexity index is 1040. The number of amides is 1. The van der Waals surface area contributed by atoms with Crippen molar-refractivity contribution in [2.45, 2.75) is 70.4 Å². The quantitative estimate of drug-likeness (QED) is 0.594. The second kappa shape index (κ2) is 11.1. The molecule has 0 bridgehead atoms. The van der Waals surface area contributed by atoms with Crippen LogP contribution in [0.15, 0.2) is 23.1 Å². The van der Waals surface area contributed by atoms with Crippen molar-refractivity contribution in [2.24, 2.45) is 17.8 Å². The van der Waals surface area contributed by atoms with Gasteiger partial charge in [-0.25, -0.2) is 8.42 Å². The first kappa shape index (κ1) is 26.5. The van der Waals surface area contributed by atoms with E-state index in [-0.39, 0.29) is 35.6 Å². The Labute approximate surface area is 204 Å². The van der Waals surface area contributed by atoms with Crippen molar-refractivity contribution in [3.8, 4) is 17.6 Å². The first-order chi connectivity index (χ1) is 16.0. The molecular formula is C26H38N2O5S. The van der Waals surface area contributed by atoms with Crippen LogP contribution in [0.5, 0.6) is 5.75 Å². The summed E-state index contributed by atoms with van der Waals surface area (Å²) in [5.74, 6) is 7.29. The summed E-state index contributed by atoms with van der Waals surface area (Å²) in [6.45, 7) is 8.06. The number of hydrogen-bond donors (Lipinski definition) is 1. The fourth-order valence-corrected chi connectivity index (χ4v) is 5.80. The molecule has 2 aliphatic rings. The highest BCUT2D eigenvalue weighted by molar-refractivity contribution is 7.89. The predicted octanol–water partition coefficient (Wildman–Crippen LogP) is 3.11. The molecule has 3 atom stereocenters. The number of carbonyl (C=O) groups excluding carboxylic acids is 1. The van der Waals surface area contributed by atoms with Crippen LogP contribution in [0.2, 0.25) is 0 Å². The van der Waals surface area contributed by atoms with E-state index >= 15 is 0 Å². The molecule has 1 aliphatic carbocycles. The lowest BCUT2D eigenvalue weighted by Crippen LogP contribution is -2.50. The number of nitrogens with zero attached hydrogens (tertiary/aromatic N) is 2. The molecule has 1 fully saturated rings. The topological polar surface area (TPSA) is 87.2 Å². The van der Waals surface area contributed by atoms with Gasteiger partial charge in [0.05, 0.1) is 13.2 Å². The number of likely N-dealkylation sites (N-methyl/N-ethyl adjacent to an activating group) is 1. The molecule has 1 N–H and O–H groups in total. The van der Waals surface area contributed by atoms with Crippen LogP contribution in [0.4, 0.5) is 0 Å². The largest absolute Gasteiger partial charge is 0.487 e. The summed E-state index contributed by atoms with van der Waals surface area (Å²) in [6.07, 6.45) is 3.10. The maximum Gasteiger partial charge on any atom is 0.247 e. The lowest BCUT2D eigenvalue weighted by Gasteiger charge is -2.37. The molecule has 8 heteroatoms. The van der Waals surface area contributed by atoms with Crippen molar-refractivity contribution in [2.75, 3.05) is 26.7 Å². The minimum atomic E-state index is -3.89. The molecule has 0 aromatic heterocycles. The molecule has 1 aromatic rings. The van der Waals surface area contributed by atoms with Gasteiger partial charge in [-0.05, 0) is 49.8 Å². The molecule has 1 heterocycles. The van der Waals surface area contributed by atoms with Gasteiger partial charge in [-0.1, -0.05) is 32.6 Å². The van der Waals surface area contributed by atoms with E-state index in [9.17, 15) is 18.3 Å². The molecule has 3 rings (SSSR count). The van der Waals surface area contributed by atoms with Crippen LogP contribution in [-0.4, -0.2) is 67.5 Å². The summed E-state index contributed by atoms with van der Waals surface area (Å²) in [5, 5.41) is 9.77. The van der Waals surface area contributed by atoms with E-state index in [4.69, 9.17) is 4.74 Å². The first-order valence-corrected chi connectivity index (χ1v) is 13.6. The SMILES string of the molecule is CC(C)CC#Cc1ccc2c(c1)O[C@@H](CN(C)C(=O)CC1CC1)[C@H](C)CN([C@@H](C)CO)S2(=O)=O. The van der Waals surface area contributed by atoms with E-state index in [1.54, 1.807) is 31.0 Å². The average molecular weight is 491 g/mol. The standard InChI is InChI=1S/C26H38N2O5S/c1-18(2)7-6-8-21-11-12-25-23(13-21)33-24(16-27(5)26(30)14-22-9-10-22)19(3)15-28(20(4)17-29)34(25,31)32/h11-13,18-20,22,24,29H,7,9-10,14-17H2,1-5H3/t19-,20+,24+/m1/s1. The predicted molar refractivity (Wildman–Crippen MR) is 132 cm³/mol. The third-order valence-corrected chi connectivity index (χ3v) is 8.47. The number of sulfonamides is 1. The zero-order valence-corrected chi connectivity index (χ0v) is 21.8. The first-order valence-electron chi connectivity index (χ1n) is 12.2. The van der Waals surface area contributed by atoms with Crippen LogP contribution in [0, 0.1) is 29.6 Å². The molecule has 1 saturated carbocycles. The van der Waals surface area contributed by atoms with Gasteiger partial charge in [0.25, 0.3) is 0 Å². The number of ether oxygens (including phenoxy) is 1. The van der Waals surface area contributed by atoms with Gasteiger partial charge in [0.2, 0.25) is 15.9 Å². The number of carbonyl (C=O) groups is 1. The Hall–Kier alpha value is -2.08. The van der Waals surface area contributed by atoms with Gasteiger partial charge < -0.3 is 14.7 Å². The maximum absolute atomic E-state index is 13.5. The van der Waals surface area contributed by atoms with Crippen molar-refractivity contribution in [3.63, 3.8) is 0 Å². The van der Waals surface area contributed by atoms with E-state index in [0.717, 1.165) is 19.3 Å². The van der Waals surface area contributed by atoms with Crippen LogP contribution in [-0.2, 0) is 14.8 Å². The fourth-order valence-electron chi connectivity index (χ4n) is 3.97. The second-order valence-corrected chi connectivity index (χ2v) is 12.1. The van der Waals surface area contributed by atoms with Crippen LogP contribution in [0.3, 0.4) is 0 Å². The van der Waals surface area contributed by atoms with E-state index in [1.165, 1.54) is 10.4 Å². The molecule has 0 spiro atoms. The molecule has 0 saturated heterocycles. The number of benzene rings is 1. The molecule has 188 valence electrons. The summed E-state index contributed by atoms with van der Waals surface area (Å²) in [7, 11) is -2.12. The number of hydrogen-bond acceptors (Lipinski definition) is 5. The normalized spacial score (nSPS) is 23.0. The summed E-state index contributed by atoms with van der Waals surface area (Å²) >= 11 is 0. The lowest BCUT2D eigenvalue weighted by atomic mass is 10.0. The van der Waals surface area contributed by atoms with Gasteiger partial charge in [-0.2, -0.15) is 4.31 Å². The van der Waals surface area contributed by atoms with Crippen LogP contribution in [0.25, 0.3) is 0 Å². The third-order valence-electron chi connectivity index (χ3n) is 6.45. The number of rotatable bonds is 7. The molecule has 1 aromatic carbocycles. The van der Waals surface area contributed by atoms with Gasteiger partial charge in [-0.3, -0.25) is 4.79 Å². The summed E-state index contributed by atoms with van der Waals surface area (Å²) in [4.78, 5) is 14.4. The highest BCUT2D eigenvalue weighted by Crippen LogP contribution is 2.35. The Morgan fingerprint density at radius 3 is 2.62 bits per heavy atom. The molecule has 1 aliphatic heterocycles. The Balaban J connectivity index is 1.97. The average Bonchev–Trinajstić information content (AvgIpc) is 3.59. The summed E-state index contributed by atoms with van der Waals surface area (Å²) < 4.78 is 34.7. The highest BCUT2D eigenvalue weighted by atomic mass is 32.2. The lowest BCUT2D eigenvalue weighted by molar-refractivity contribution is -0.131. The number of aliphatic hydroxyl groups is 1. The molecule has 0 radical (unpaired) electrons. The summed E-state index contributed by atoms with van der Waals surface area (Å²) in [6, 6.07) is 4.33. The Morgan fingerprint density at radius 2 is 2.00 bits per heavy atom. The molecule has 0 unspecified atom stereocenters. The van der Waals surface area contributed by atoms with Crippen molar-refractivity contribution >= 4 is 15.9 Å². The Morgan fingerprint density at radius 1 is 1.29 bits per heavy atom. The van der Waals surface area contributed by atoms with Crippen molar-refractivity contribution in [1.82, 2.24) is 9.21 Å². The Kier molecular flexibility index (Phi) is 8.66. The molecule has 7 nitrogen and oxygen atoms in total. The number of aliphatic hydroxyl groups excluding tert-OH is 1. The van der Waals surface area contributed by atoms with E-state index in [2.05, 4.69) is 25.7 Å². The van der Waals surface area contributed by atoms with E-state index in [1.807, 2.05) is 6.92 Å². The molecular weight excluding hydrogens is 452 g/mol. The van der Waals surface area contributed by atoms with Crippen molar-refractivity contribution < 1.29 is 23.1 Å². The van der Waals surface area contributed by atoms with Crippen molar-refractivity contribution in [3.05, 3.63) is 23.8 Å². The van der Waals surface area contributed by atoms with Gasteiger partial charge in [0.15, 0.2) is 0 Å². The van der Waals surface area contributed by atoms with E-state index < -0.39 is 22.2 Å². The third kappa shape index (κ3) is 6.53. The van der Waals surface area contributed by atoms with Crippen molar-refractivity contribution in [1.29, 1.82) is 0 Å². The van der Waals surface area contributed by atoms with Crippen LogP contribution in [0.1, 0.15) is 58.9 Å². The zero-order chi connectivity index (χ0) is 25.0. The molecule has 34 heavy (non-hydrogen) atoms. The minimum absolute atomic E-state index is 0.0612. The number of fused-ring (bicyclic) bond motifs is 1. The van der Waals surface area contributed by atoms with Gasteiger partial charge in [0, 0.05) is 44.0 Å². The van der Waals surface area contributed by atoms with Crippen LogP contribution >= 0.6 is 0 Å². The molecule has 1 amide bonds. The van der Waals surface area contributed by atoms with Gasteiger partial charge in [-0.15, -0.1) is 0 Å². The highest BCUT2D eigenvalue weighted by Gasteiger charge is 2.38. The minimum Gasteiger partial charge on any atom is -0.487 e. The monoisotopic (exact) mass is 490 g/mol. The van der Waals surface area contributed by atoms with Gasteiger partial charge >= 0.3 is 0 Å². The second-order valence-electron chi connectivity index (χ2n) is 10.2. The smallest absolute Gasteiger partial charge is 0.247 e. The zero-order valence-electron chi connectivity index (χ0n) is 21.0. The maximum atomic E-state index is 13.5. The van der Waals surface area contributed by atoms with Crippen LogP contribution < -0.4 is 4.74 Å².